The van der Waals surface area contributed by atoms with Gasteiger partial charge in [0, 0.05) is 5.69 Å². The van der Waals surface area contributed by atoms with Gasteiger partial charge in [-0.3, -0.25) is 0 Å². The first kappa shape index (κ1) is 13.9. The Morgan fingerprint density at radius 2 is 1.82 bits per heavy atom. The summed E-state index contributed by atoms with van der Waals surface area (Å²) in [5.74, 6) is 0.959. The number of aryl methyl sites for hydroxylation is 2. The van der Waals surface area contributed by atoms with Crippen molar-refractivity contribution in [2.75, 3.05) is 12.3 Å². The molecule has 2 heteroatoms. The van der Waals surface area contributed by atoms with Crippen LogP contribution in [0.2, 0.25) is 0 Å². The van der Waals surface area contributed by atoms with Crippen molar-refractivity contribution in [3.63, 3.8) is 0 Å². The minimum atomic E-state index is 0.233. The lowest BCUT2D eigenvalue weighted by molar-refractivity contribution is 0.168. The van der Waals surface area contributed by atoms with Crippen LogP contribution in [0.3, 0.4) is 0 Å². The quantitative estimate of drug-likeness (QED) is 0.780. The molecule has 2 N–H and O–H groups in total. The lowest BCUT2D eigenvalue weighted by Crippen LogP contribution is -2.21. The van der Waals surface area contributed by atoms with Crippen molar-refractivity contribution in [1.29, 1.82) is 0 Å². The predicted molar refractivity (Wildman–Crippen MR) is 74.5 cm³/mol. The summed E-state index contributed by atoms with van der Waals surface area (Å²) in [6, 6.07) is 4.02. The molecule has 0 atom stereocenters. The van der Waals surface area contributed by atoms with Crippen LogP contribution < -0.4 is 10.5 Å². The average molecular weight is 235 g/mol. The third-order valence-electron chi connectivity index (χ3n) is 3.11. The number of ether oxygens (including phenoxy) is 1. The molecule has 96 valence electrons. The molecule has 1 rings (SSSR count). The minimum absolute atomic E-state index is 0.233. The number of anilines is 1. The highest BCUT2D eigenvalue weighted by molar-refractivity contribution is 5.53. The molecule has 0 saturated heterocycles. The van der Waals surface area contributed by atoms with E-state index < -0.39 is 0 Å². The van der Waals surface area contributed by atoms with Crippen LogP contribution in [0.25, 0.3) is 0 Å². The van der Waals surface area contributed by atoms with E-state index in [-0.39, 0.29) is 5.41 Å². The van der Waals surface area contributed by atoms with Gasteiger partial charge < -0.3 is 10.5 Å². The predicted octanol–water partition coefficient (Wildman–Crippen LogP) is 4.09. The number of benzene rings is 1. The van der Waals surface area contributed by atoms with Gasteiger partial charge in [0.15, 0.2) is 0 Å². The fraction of sp³-hybridized carbons (Fsp3) is 0.600. The first-order valence-electron chi connectivity index (χ1n) is 6.35. The summed E-state index contributed by atoms with van der Waals surface area (Å²) < 4.78 is 5.93. The number of nitrogens with two attached hydrogens (primary N) is 1. The molecule has 0 radical (unpaired) electrons. The fourth-order valence-corrected chi connectivity index (χ4v) is 1.99. The molecule has 0 heterocycles. The summed E-state index contributed by atoms with van der Waals surface area (Å²) in [7, 11) is 0. The Kier molecular flexibility index (Phi) is 4.44. The van der Waals surface area contributed by atoms with Crippen LogP contribution in [0.5, 0.6) is 5.75 Å². The van der Waals surface area contributed by atoms with Crippen molar-refractivity contribution in [2.24, 2.45) is 5.41 Å². The second-order valence-corrected chi connectivity index (χ2v) is 5.68. The molecule has 0 unspecified atom stereocenters. The van der Waals surface area contributed by atoms with Crippen molar-refractivity contribution in [3.8, 4) is 5.75 Å². The maximum Gasteiger partial charge on any atom is 0.122 e. The van der Waals surface area contributed by atoms with E-state index in [4.69, 9.17) is 10.5 Å². The molecular formula is C15H25NO. The normalized spacial score (nSPS) is 11.6. The summed E-state index contributed by atoms with van der Waals surface area (Å²) in [6.07, 6.45) is 2.37. The van der Waals surface area contributed by atoms with Crippen molar-refractivity contribution in [1.82, 2.24) is 0 Å². The fourth-order valence-electron chi connectivity index (χ4n) is 1.99. The molecule has 0 spiro atoms. The largest absolute Gasteiger partial charge is 0.493 e. The molecule has 0 aromatic heterocycles. The van der Waals surface area contributed by atoms with Crippen molar-refractivity contribution in [3.05, 3.63) is 23.3 Å². The highest BCUT2D eigenvalue weighted by atomic mass is 16.5. The zero-order valence-corrected chi connectivity index (χ0v) is 11.8. The highest BCUT2D eigenvalue weighted by Gasteiger charge is 2.18. The van der Waals surface area contributed by atoms with E-state index in [2.05, 4.69) is 20.8 Å². The lowest BCUT2D eigenvalue weighted by Gasteiger charge is -2.25. The van der Waals surface area contributed by atoms with Gasteiger partial charge in [-0.15, -0.1) is 0 Å². The molecule has 17 heavy (non-hydrogen) atoms. The Balaban J connectivity index is 2.73. The molecule has 2 nitrogen and oxygen atoms in total. The molecule has 0 saturated carbocycles. The van der Waals surface area contributed by atoms with E-state index in [9.17, 15) is 0 Å². The SMILES string of the molecule is CCCC(C)(C)COc1cc(C)c(N)cc1C. The van der Waals surface area contributed by atoms with Gasteiger partial charge in [-0.25, -0.2) is 0 Å². The number of nitrogen functional groups attached to an aromatic ring is 1. The van der Waals surface area contributed by atoms with Crippen molar-refractivity contribution in [2.45, 2.75) is 47.5 Å². The maximum atomic E-state index is 5.93. The smallest absolute Gasteiger partial charge is 0.122 e. The number of rotatable bonds is 5. The standard InChI is InChI=1S/C15H25NO/c1-6-7-15(4,5)10-17-14-9-11(2)13(16)8-12(14)3/h8-9H,6-7,10,16H2,1-5H3. The lowest BCUT2D eigenvalue weighted by atomic mass is 9.89. The van der Waals surface area contributed by atoms with Gasteiger partial charge >= 0.3 is 0 Å². The molecule has 0 aliphatic rings. The Bertz CT molecular complexity index is 383. The summed E-state index contributed by atoms with van der Waals surface area (Å²) in [6.45, 7) is 11.5. The maximum absolute atomic E-state index is 5.93. The Morgan fingerprint density at radius 1 is 1.18 bits per heavy atom. The second kappa shape index (κ2) is 5.44. The van der Waals surface area contributed by atoms with E-state index in [1.807, 2.05) is 26.0 Å². The van der Waals surface area contributed by atoms with Gasteiger partial charge in [0.2, 0.25) is 0 Å². The van der Waals surface area contributed by atoms with Crippen LogP contribution in [0.15, 0.2) is 12.1 Å². The number of hydrogen-bond donors (Lipinski definition) is 1. The molecule has 0 amide bonds. The average Bonchev–Trinajstić information content (AvgIpc) is 2.21. The Labute approximate surface area is 105 Å². The van der Waals surface area contributed by atoms with E-state index >= 15 is 0 Å². The van der Waals surface area contributed by atoms with Crippen LogP contribution in [0.1, 0.15) is 44.7 Å². The van der Waals surface area contributed by atoms with Crippen molar-refractivity contribution >= 4 is 5.69 Å². The molecule has 0 bridgehead atoms. The van der Waals surface area contributed by atoms with Gasteiger partial charge in [0.25, 0.3) is 0 Å². The highest BCUT2D eigenvalue weighted by Crippen LogP contribution is 2.28. The van der Waals surface area contributed by atoms with Gasteiger partial charge in [0.1, 0.15) is 5.75 Å². The molecule has 0 fully saturated rings. The zero-order valence-electron chi connectivity index (χ0n) is 11.8. The van der Waals surface area contributed by atoms with Crippen LogP contribution in [-0.2, 0) is 0 Å². The Hall–Kier alpha value is -1.18. The Morgan fingerprint density at radius 3 is 2.41 bits per heavy atom. The van der Waals surface area contributed by atoms with Gasteiger partial charge in [-0.05, 0) is 48.9 Å². The minimum Gasteiger partial charge on any atom is -0.493 e. The first-order chi connectivity index (χ1) is 7.85. The first-order valence-corrected chi connectivity index (χ1v) is 6.35. The molecule has 0 aliphatic heterocycles. The topological polar surface area (TPSA) is 35.2 Å². The monoisotopic (exact) mass is 235 g/mol. The zero-order chi connectivity index (χ0) is 13.1. The summed E-state index contributed by atoms with van der Waals surface area (Å²) in [5, 5.41) is 0. The van der Waals surface area contributed by atoms with Crippen LogP contribution in [0, 0.1) is 19.3 Å². The molecular weight excluding hydrogens is 210 g/mol. The van der Waals surface area contributed by atoms with Crippen LogP contribution >= 0.6 is 0 Å². The van der Waals surface area contributed by atoms with E-state index in [0.717, 1.165) is 29.2 Å². The third kappa shape index (κ3) is 3.95. The van der Waals surface area contributed by atoms with Crippen LogP contribution in [-0.4, -0.2) is 6.61 Å². The van der Waals surface area contributed by atoms with E-state index in [1.165, 1.54) is 12.8 Å². The second-order valence-electron chi connectivity index (χ2n) is 5.68. The molecule has 1 aromatic rings. The van der Waals surface area contributed by atoms with E-state index in [0.29, 0.717) is 0 Å². The van der Waals surface area contributed by atoms with Gasteiger partial charge in [-0.1, -0.05) is 27.2 Å². The van der Waals surface area contributed by atoms with Gasteiger partial charge in [-0.2, -0.15) is 0 Å². The van der Waals surface area contributed by atoms with Gasteiger partial charge in [0.05, 0.1) is 6.61 Å². The summed E-state index contributed by atoms with van der Waals surface area (Å²) >= 11 is 0. The van der Waals surface area contributed by atoms with E-state index in [1.54, 1.807) is 0 Å². The van der Waals surface area contributed by atoms with Crippen molar-refractivity contribution < 1.29 is 4.74 Å². The summed E-state index contributed by atoms with van der Waals surface area (Å²) in [4.78, 5) is 0. The summed E-state index contributed by atoms with van der Waals surface area (Å²) in [5.41, 5.74) is 9.13. The molecule has 1 aromatic carbocycles. The number of hydrogen-bond acceptors (Lipinski definition) is 2. The molecule has 0 aliphatic carbocycles. The van der Waals surface area contributed by atoms with Crippen LogP contribution in [0.4, 0.5) is 5.69 Å². The third-order valence-corrected chi connectivity index (χ3v) is 3.11.